The summed E-state index contributed by atoms with van der Waals surface area (Å²) in [6.07, 6.45) is 1.76. The van der Waals surface area contributed by atoms with E-state index in [-0.39, 0.29) is 17.7 Å². The van der Waals surface area contributed by atoms with E-state index in [9.17, 15) is 9.59 Å². The zero-order chi connectivity index (χ0) is 16.4. The van der Waals surface area contributed by atoms with Crippen molar-refractivity contribution in [2.45, 2.75) is 13.5 Å². The van der Waals surface area contributed by atoms with Crippen molar-refractivity contribution in [3.8, 4) is 0 Å². The van der Waals surface area contributed by atoms with Crippen LogP contribution in [-0.2, 0) is 11.3 Å². The highest BCUT2D eigenvalue weighted by Crippen LogP contribution is 2.33. The summed E-state index contributed by atoms with van der Waals surface area (Å²) in [6, 6.07) is 14.9. The number of carbonyl (C=O) groups is 2. The van der Waals surface area contributed by atoms with Gasteiger partial charge in [-0.1, -0.05) is 53.6 Å². The third-order valence-corrected chi connectivity index (χ3v) is 4.66. The first kappa shape index (κ1) is 15.8. The number of carbonyl (C=O) groups excluding carboxylic acids is 2. The van der Waals surface area contributed by atoms with Crippen LogP contribution in [0, 0.1) is 6.92 Å². The first-order valence-corrected chi connectivity index (χ1v) is 8.29. The third kappa shape index (κ3) is 3.66. The summed E-state index contributed by atoms with van der Waals surface area (Å²) < 4.78 is 0. The monoisotopic (exact) mass is 343 g/mol. The maximum Gasteiger partial charge on any atom is 0.293 e. The molecule has 116 valence electrons. The first-order valence-electron chi connectivity index (χ1n) is 7.09. The lowest BCUT2D eigenvalue weighted by molar-refractivity contribution is -0.123. The normalized spacial score (nSPS) is 16.4. The molecule has 1 saturated heterocycles. The lowest BCUT2D eigenvalue weighted by atomic mass is 10.1. The van der Waals surface area contributed by atoms with Gasteiger partial charge in [-0.3, -0.25) is 14.5 Å². The van der Waals surface area contributed by atoms with Gasteiger partial charge in [-0.15, -0.1) is 0 Å². The van der Waals surface area contributed by atoms with Crippen LogP contribution in [0.3, 0.4) is 0 Å². The Bertz CT molecular complexity index is 782. The molecule has 0 aromatic heterocycles. The number of hydrogen-bond acceptors (Lipinski definition) is 3. The van der Waals surface area contributed by atoms with E-state index < -0.39 is 0 Å². The van der Waals surface area contributed by atoms with E-state index in [4.69, 9.17) is 11.6 Å². The van der Waals surface area contributed by atoms with Gasteiger partial charge >= 0.3 is 0 Å². The molecule has 1 aliphatic heterocycles. The van der Waals surface area contributed by atoms with Crippen LogP contribution in [0.1, 0.15) is 16.7 Å². The molecule has 0 unspecified atom stereocenters. The molecule has 2 aromatic rings. The number of halogens is 1. The molecule has 3 rings (SSSR count). The number of nitrogens with zero attached hydrogens (tertiary/aromatic N) is 1. The Morgan fingerprint density at radius 3 is 2.35 bits per heavy atom. The van der Waals surface area contributed by atoms with Crippen molar-refractivity contribution in [3.05, 3.63) is 75.1 Å². The Labute approximate surface area is 143 Å². The highest BCUT2D eigenvalue weighted by Gasteiger charge is 2.34. The minimum atomic E-state index is -0.254. The van der Waals surface area contributed by atoms with Gasteiger partial charge in [-0.2, -0.15) is 0 Å². The zero-order valence-corrected chi connectivity index (χ0v) is 14.0. The van der Waals surface area contributed by atoms with E-state index in [1.807, 2.05) is 43.3 Å². The van der Waals surface area contributed by atoms with Crippen LogP contribution < -0.4 is 0 Å². The zero-order valence-electron chi connectivity index (χ0n) is 12.5. The predicted molar refractivity (Wildman–Crippen MR) is 94.1 cm³/mol. The topological polar surface area (TPSA) is 37.4 Å². The van der Waals surface area contributed by atoms with Gasteiger partial charge < -0.3 is 0 Å². The minimum absolute atomic E-state index is 0.247. The van der Waals surface area contributed by atoms with Gasteiger partial charge in [0, 0.05) is 5.02 Å². The van der Waals surface area contributed by atoms with Gasteiger partial charge in [0.15, 0.2) is 0 Å². The van der Waals surface area contributed by atoms with Crippen molar-refractivity contribution >= 4 is 40.6 Å². The lowest BCUT2D eigenvalue weighted by Gasteiger charge is -2.12. The second-order valence-electron chi connectivity index (χ2n) is 5.31. The standard InChI is InChI=1S/C18H14ClNO2S/c1-12-2-4-13(5-3-12)10-16-17(21)20(18(22)23-16)11-14-6-8-15(19)9-7-14/h2-10H,11H2,1H3/b16-10+. The van der Waals surface area contributed by atoms with E-state index in [0.29, 0.717) is 9.93 Å². The summed E-state index contributed by atoms with van der Waals surface area (Å²) in [7, 11) is 0. The van der Waals surface area contributed by atoms with E-state index in [0.717, 1.165) is 28.5 Å². The van der Waals surface area contributed by atoms with Crippen LogP contribution in [0.5, 0.6) is 0 Å². The van der Waals surface area contributed by atoms with Crippen LogP contribution in [0.4, 0.5) is 4.79 Å². The molecule has 0 radical (unpaired) electrons. The van der Waals surface area contributed by atoms with Crippen LogP contribution in [0.2, 0.25) is 5.02 Å². The predicted octanol–water partition coefficient (Wildman–Crippen LogP) is 4.88. The van der Waals surface area contributed by atoms with Gasteiger partial charge in [0.1, 0.15) is 0 Å². The molecule has 23 heavy (non-hydrogen) atoms. The molecule has 0 atom stereocenters. The Balaban J connectivity index is 1.79. The summed E-state index contributed by atoms with van der Waals surface area (Å²) in [5.74, 6) is -0.254. The van der Waals surface area contributed by atoms with E-state index >= 15 is 0 Å². The Kier molecular flexibility index (Phi) is 4.55. The second-order valence-corrected chi connectivity index (χ2v) is 6.73. The van der Waals surface area contributed by atoms with Gasteiger partial charge in [0.05, 0.1) is 11.4 Å². The fraction of sp³-hybridized carbons (Fsp3) is 0.111. The molecule has 0 aliphatic carbocycles. The molecule has 1 heterocycles. The number of imide groups is 1. The van der Waals surface area contributed by atoms with Crippen LogP contribution in [0.15, 0.2) is 53.4 Å². The maximum atomic E-state index is 12.4. The molecular weight excluding hydrogens is 330 g/mol. The number of benzene rings is 2. The van der Waals surface area contributed by atoms with Crippen LogP contribution in [0.25, 0.3) is 6.08 Å². The maximum absolute atomic E-state index is 12.4. The van der Waals surface area contributed by atoms with Crippen molar-refractivity contribution in [3.63, 3.8) is 0 Å². The van der Waals surface area contributed by atoms with Gasteiger partial charge in [0.2, 0.25) is 0 Å². The van der Waals surface area contributed by atoms with Gasteiger partial charge in [-0.25, -0.2) is 0 Å². The van der Waals surface area contributed by atoms with Crippen molar-refractivity contribution in [2.75, 3.05) is 0 Å². The fourth-order valence-corrected chi connectivity index (χ4v) is 3.19. The molecule has 2 aromatic carbocycles. The van der Waals surface area contributed by atoms with E-state index in [2.05, 4.69) is 0 Å². The Hall–Kier alpha value is -2.04. The average Bonchev–Trinajstić information content (AvgIpc) is 2.79. The number of amides is 2. The van der Waals surface area contributed by atoms with Crippen LogP contribution >= 0.6 is 23.4 Å². The Morgan fingerprint density at radius 1 is 1.04 bits per heavy atom. The summed E-state index contributed by atoms with van der Waals surface area (Å²) in [6.45, 7) is 2.26. The number of thioether (sulfide) groups is 1. The summed E-state index contributed by atoms with van der Waals surface area (Å²) >= 11 is 6.83. The number of rotatable bonds is 3. The number of aryl methyl sites for hydroxylation is 1. The SMILES string of the molecule is Cc1ccc(/C=C2/SC(=O)N(Cc3ccc(Cl)cc3)C2=O)cc1. The minimum Gasteiger partial charge on any atom is -0.268 e. The quantitative estimate of drug-likeness (QED) is 0.745. The molecular formula is C18H14ClNO2S. The second kappa shape index (κ2) is 6.60. The van der Waals surface area contributed by atoms with Crippen molar-refractivity contribution < 1.29 is 9.59 Å². The molecule has 5 heteroatoms. The highest BCUT2D eigenvalue weighted by molar-refractivity contribution is 8.18. The van der Waals surface area contributed by atoms with Gasteiger partial charge in [-0.05, 0) is 48.0 Å². The Morgan fingerprint density at radius 2 is 1.70 bits per heavy atom. The summed E-state index contributed by atoms with van der Waals surface area (Å²) in [5.41, 5.74) is 2.93. The molecule has 0 spiro atoms. The van der Waals surface area contributed by atoms with Crippen molar-refractivity contribution in [2.24, 2.45) is 0 Å². The van der Waals surface area contributed by atoms with Crippen LogP contribution in [-0.4, -0.2) is 16.0 Å². The third-order valence-electron chi connectivity index (χ3n) is 3.50. The first-order chi connectivity index (χ1) is 11.0. The molecule has 0 N–H and O–H groups in total. The summed E-state index contributed by atoms with van der Waals surface area (Å²) in [4.78, 5) is 26.3. The molecule has 0 saturated carbocycles. The highest BCUT2D eigenvalue weighted by atomic mass is 35.5. The van der Waals surface area contributed by atoms with Crippen molar-refractivity contribution in [1.82, 2.24) is 4.90 Å². The summed E-state index contributed by atoms with van der Waals surface area (Å²) in [5, 5.41) is 0.380. The van der Waals surface area contributed by atoms with Gasteiger partial charge in [0.25, 0.3) is 11.1 Å². The molecule has 0 bridgehead atoms. The van der Waals surface area contributed by atoms with E-state index in [1.54, 1.807) is 18.2 Å². The van der Waals surface area contributed by atoms with E-state index in [1.165, 1.54) is 4.90 Å². The van der Waals surface area contributed by atoms with Crippen molar-refractivity contribution in [1.29, 1.82) is 0 Å². The lowest BCUT2D eigenvalue weighted by Crippen LogP contribution is -2.27. The average molecular weight is 344 g/mol. The fourth-order valence-electron chi connectivity index (χ4n) is 2.22. The largest absolute Gasteiger partial charge is 0.293 e. The molecule has 3 nitrogen and oxygen atoms in total. The molecule has 1 fully saturated rings. The molecule has 2 amide bonds. The number of hydrogen-bond donors (Lipinski definition) is 0. The molecule has 1 aliphatic rings. The smallest absolute Gasteiger partial charge is 0.268 e.